The summed E-state index contributed by atoms with van der Waals surface area (Å²) in [5.74, 6) is 0.375. The summed E-state index contributed by atoms with van der Waals surface area (Å²) in [5.41, 5.74) is 3.21. The Hall–Kier alpha value is -4.35. The van der Waals surface area contributed by atoms with Gasteiger partial charge in [0.2, 0.25) is 5.13 Å². The van der Waals surface area contributed by atoms with Gasteiger partial charge in [0.15, 0.2) is 15.8 Å². The summed E-state index contributed by atoms with van der Waals surface area (Å²) in [6.07, 6.45) is 3.04. The van der Waals surface area contributed by atoms with Crippen molar-refractivity contribution in [1.29, 1.82) is 0 Å². The van der Waals surface area contributed by atoms with Gasteiger partial charge >= 0.3 is 5.91 Å². The summed E-state index contributed by atoms with van der Waals surface area (Å²) in [4.78, 5) is 28.7. The van der Waals surface area contributed by atoms with Crippen molar-refractivity contribution in [2.75, 3.05) is 24.7 Å². The van der Waals surface area contributed by atoms with Crippen molar-refractivity contribution in [2.24, 2.45) is 0 Å². The first-order chi connectivity index (χ1) is 21.9. The lowest BCUT2D eigenvalue weighted by Crippen LogP contribution is -2.29. The van der Waals surface area contributed by atoms with E-state index < -0.39 is 17.7 Å². The number of nitrogens with zero attached hydrogens (tertiary/aromatic N) is 3. The number of carbonyl (C=O) groups is 2. The Bertz CT molecular complexity index is 1740. The van der Waals surface area contributed by atoms with E-state index in [-0.39, 0.29) is 16.5 Å². The van der Waals surface area contributed by atoms with E-state index in [2.05, 4.69) is 41.4 Å². The van der Waals surface area contributed by atoms with Gasteiger partial charge in [-0.3, -0.25) is 14.5 Å². The predicted molar refractivity (Wildman–Crippen MR) is 174 cm³/mol. The lowest BCUT2D eigenvalue weighted by atomic mass is 9.95. The molecule has 3 heterocycles. The number of hydrogen-bond donors (Lipinski definition) is 1. The number of benzene rings is 3. The zero-order valence-electron chi connectivity index (χ0n) is 25.0. The van der Waals surface area contributed by atoms with E-state index in [0.29, 0.717) is 58.3 Å². The average Bonchev–Trinajstić information content (AvgIpc) is 3.64. The second-order valence-corrected chi connectivity index (χ2v) is 13.0. The molecule has 1 saturated heterocycles. The van der Waals surface area contributed by atoms with E-state index in [1.165, 1.54) is 33.6 Å². The minimum absolute atomic E-state index is 0.0520. The molecule has 0 unspecified atom stereocenters. The summed E-state index contributed by atoms with van der Waals surface area (Å²) in [5, 5.41) is 20.6. The molecule has 2 aliphatic rings. The molecule has 0 saturated carbocycles. The summed E-state index contributed by atoms with van der Waals surface area (Å²) < 4.78 is 18.0. The minimum Gasteiger partial charge on any atom is -0.507 e. The zero-order chi connectivity index (χ0) is 31.3. The number of aliphatic hydroxyl groups excluding tert-OH is 1. The van der Waals surface area contributed by atoms with Gasteiger partial charge in [0.05, 0.1) is 18.2 Å². The maximum atomic E-state index is 13.7. The third-order valence-corrected chi connectivity index (χ3v) is 9.66. The van der Waals surface area contributed by atoms with E-state index in [1.54, 1.807) is 24.3 Å². The number of ketones is 1. The Labute approximate surface area is 269 Å². The normalized spacial score (nSPS) is 17.1. The minimum atomic E-state index is -0.958. The van der Waals surface area contributed by atoms with E-state index in [0.717, 1.165) is 24.8 Å². The topological polar surface area (TPSA) is 111 Å². The smallest absolute Gasteiger partial charge is 0.301 e. The van der Waals surface area contributed by atoms with Crippen molar-refractivity contribution < 1.29 is 28.9 Å². The molecule has 0 aliphatic carbocycles. The number of aliphatic hydroxyl groups is 1. The molecule has 6 rings (SSSR count). The molecule has 232 valence electrons. The van der Waals surface area contributed by atoms with Gasteiger partial charge in [-0.1, -0.05) is 84.8 Å². The SMILES string of the molecule is CCCCCOc1cccc([C@@H]2/C(=C(\O)c3ccc4c(c3)OCCO4)C(=O)C(=O)N2c2nnc(SCc3ccc(C)cc3)s2)c1. The fourth-order valence-corrected chi connectivity index (χ4v) is 7.02. The van der Waals surface area contributed by atoms with Crippen molar-refractivity contribution in [1.82, 2.24) is 10.2 Å². The van der Waals surface area contributed by atoms with Crippen LogP contribution >= 0.6 is 23.1 Å². The van der Waals surface area contributed by atoms with Gasteiger partial charge < -0.3 is 19.3 Å². The lowest BCUT2D eigenvalue weighted by Gasteiger charge is -2.23. The maximum Gasteiger partial charge on any atom is 0.301 e. The van der Waals surface area contributed by atoms with Crippen molar-refractivity contribution >= 4 is 45.7 Å². The quantitative estimate of drug-likeness (QED) is 0.0457. The Morgan fingerprint density at radius 3 is 2.62 bits per heavy atom. The Morgan fingerprint density at radius 2 is 1.82 bits per heavy atom. The Kier molecular flexibility index (Phi) is 9.37. The monoisotopic (exact) mass is 643 g/mol. The molecule has 2 aliphatic heterocycles. The highest BCUT2D eigenvalue weighted by molar-refractivity contribution is 8.00. The second kappa shape index (κ2) is 13.7. The highest BCUT2D eigenvalue weighted by Gasteiger charge is 2.48. The van der Waals surface area contributed by atoms with Gasteiger partial charge in [0.25, 0.3) is 5.78 Å². The largest absolute Gasteiger partial charge is 0.507 e. The number of rotatable bonds is 11. The molecular weight excluding hydrogens is 611 g/mol. The van der Waals surface area contributed by atoms with Gasteiger partial charge in [0.1, 0.15) is 24.7 Å². The number of ether oxygens (including phenoxy) is 3. The van der Waals surface area contributed by atoms with Gasteiger partial charge in [0, 0.05) is 11.3 Å². The number of aryl methyl sites for hydroxylation is 1. The van der Waals surface area contributed by atoms with Gasteiger partial charge in [-0.15, -0.1) is 10.2 Å². The number of thioether (sulfide) groups is 1. The molecule has 4 aromatic rings. The standard InChI is InChI=1S/C34H33N3O6S2/c1-3-4-5-15-41-25-8-6-7-23(18-25)29-28(30(38)24-13-14-26-27(19-24)43-17-16-42-26)31(39)32(40)37(29)33-35-36-34(45-33)44-20-22-11-9-21(2)10-12-22/h6-14,18-19,29,38H,3-5,15-17,20H2,1-2H3/b30-28+/t29-/m1/s1. The third kappa shape index (κ3) is 6.69. The summed E-state index contributed by atoms with van der Waals surface area (Å²) >= 11 is 2.74. The number of unbranched alkanes of at least 4 members (excludes halogenated alkanes) is 2. The molecule has 11 heteroatoms. The number of Topliss-reactive ketones (excluding diaryl/α,β-unsaturated/α-hetero) is 1. The number of carbonyl (C=O) groups excluding carboxylic acids is 2. The molecule has 1 aromatic heterocycles. The van der Waals surface area contributed by atoms with Crippen LogP contribution in [0.5, 0.6) is 17.2 Å². The highest BCUT2D eigenvalue weighted by atomic mass is 32.2. The van der Waals surface area contributed by atoms with E-state index in [4.69, 9.17) is 14.2 Å². The van der Waals surface area contributed by atoms with Crippen LogP contribution in [0.15, 0.2) is 76.6 Å². The molecule has 0 radical (unpaired) electrons. The third-order valence-electron chi connectivity index (χ3n) is 7.54. The molecule has 45 heavy (non-hydrogen) atoms. The molecule has 0 spiro atoms. The average molecular weight is 644 g/mol. The first-order valence-corrected chi connectivity index (χ1v) is 16.7. The van der Waals surface area contributed by atoms with Crippen LogP contribution in [0, 0.1) is 6.92 Å². The first kappa shape index (κ1) is 30.7. The zero-order valence-corrected chi connectivity index (χ0v) is 26.7. The highest BCUT2D eigenvalue weighted by Crippen LogP contribution is 2.45. The maximum absolute atomic E-state index is 13.7. The fraction of sp³-hybridized carbons (Fsp3) is 0.294. The van der Waals surface area contributed by atoms with Crippen LogP contribution in [-0.2, 0) is 15.3 Å². The van der Waals surface area contributed by atoms with Gasteiger partial charge in [-0.2, -0.15) is 0 Å². The molecule has 1 atom stereocenters. The summed E-state index contributed by atoms with van der Waals surface area (Å²) in [6.45, 7) is 5.51. The van der Waals surface area contributed by atoms with Crippen LogP contribution < -0.4 is 19.1 Å². The van der Waals surface area contributed by atoms with Gasteiger partial charge in [-0.25, -0.2) is 0 Å². The van der Waals surface area contributed by atoms with Crippen molar-refractivity contribution in [2.45, 2.75) is 49.2 Å². The van der Waals surface area contributed by atoms with Crippen molar-refractivity contribution in [3.05, 3.63) is 94.6 Å². The number of amides is 1. The summed E-state index contributed by atoms with van der Waals surface area (Å²) in [7, 11) is 0. The predicted octanol–water partition coefficient (Wildman–Crippen LogP) is 7.11. The second-order valence-electron chi connectivity index (χ2n) is 10.8. The number of aromatic nitrogens is 2. The number of anilines is 1. The molecule has 0 bridgehead atoms. The number of hydrogen-bond acceptors (Lipinski definition) is 10. The van der Waals surface area contributed by atoms with E-state index in [9.17, 15) is 14.7 Å². The molecule has 1 amide bonds. The van der Waals surface area contributed by atoms with Crippen LogP contribution in [0.25, 0.3) is 5.76 Å². The molecular formula is C34H33N3O6S2. The first-order valence-electron chi connectivity index (χ1n) is 14.9. The molecule has 1 fully saturated rings. The summed E-state index contributed by atoms with van der Waals surface area (Å²) in [6, 6.07) is 19.5. The van der Waals surface area contributed by atoms with Crippen LogP contribution in [0.1, 0.15) is 54.5 Å². The van der Waals surface area contributed by atoms with Crippen LogP contribution in [0.4, 0.5) is 5.13 Å². The van der Waals surface area contributed by atoms with Crippen LogP contribution in [0.2, 0.25) is 0 Å². The molecule has 3 aromatic carbocycles. The van der Waals surface area contributed by atoms with Crippen molar-refractivity contribution in [3.8, 4) is 17.2 Å². The Morgan fingerprint density at radius 1 is 1.02 bits per heavy atom. The van der Waals surface area contributed by atoms with E-state index >= 15 is 0 Å². The number of fused-ring (bicyclic) bond motifs is 1. The van der Waals surface area contributed by atoms with Crippen molar-refractivity contribution in [3.63, 3.8) is 0 Å². The van der Waals surface area contributed by atoms with Crippen LogP contribution in [-0.4, -0.2) is 46.8 Å². The van der Waals surface area contributed by atoms with Gasteiger partial charge in [-0.05, 0) is 54.8 Å². The lowest BCUT2D eigenvalue weighted by molar-refractivity contribution is -0.132. The Balaban J connectivity index is 1.37. The fourth-order valence-electron chi connectivity index (χ4n) is 5.20. The van der Waals surface area contributed by atoms with E-state index in [1.807, 2.05) is 25.1 Å². The molecule has 9 nitrogen and oxygen atoms in total. The molecule has 1 N–H and O–H groups in total. The van der Waals surface area contributed by atoms with Crippen LogP contribution in [0.3, 0.4) is 0 Å².